The van der Waals surface area contributed by atoms with Gasteiger partial charge in [0.2, 0.25) is 0 Å². The second kappa shape index (κ2) is 14.5. The van der Waals surface area contributed by atoms with Gasteiger partial charge in [-0.1, -0.05) is 33.7 Å². The van der Waals surface area contributed by atoms with Crippen molar-refractivity contribution in [3.63, 3.8) is 0 Å². The Hall–Kier alpha value is -4.82. The molecular formula is C32H26F4N4O4S2. The topological polar surface area (TPSA) is 81.2 Å². The predicted octanol–water partition coefficient (Wildman–Crippen LogP) is 7.70. The number of imide groups is 2. The van der Waals surface area contributed by atoms with Gasteiger partial charge in [0.05, 0.1) is 0 Å². The number of amides is 6. The molecule has 0 heterocycles. The molecule has 0 N–H and O–H groups in total. The number of hydrogen-bond acceptors (Lipinski definition) is 6. The number of hydrogen-bond donors (Lipinski definition) is 0. The molecule has 46 heavy (non-hydrogen) atoms. The summed E-state index contributed by atoms with van der Waals surface area (Å²) in [5.74, 6) is -6.51. The van der Waals surface area contributed by atoms with Gasteiger partial charge in [-0.25, -0.2) is 27.2 Å². The number of halogens is 4. The summed E-state index contributed by atoms with van der Waals surface area (Å²) in [5.41, 5.74) is -0.765. The molecule has 4 rings (SSSR count). The van der Waals surface area contributed by atoms with Crippen molar-refractivity contribution < 1.29 is 36.7 Å². The highest BCUT2D eigenvalue weighted by Crippen LogP contribution is 2.38. The van der Waals surface area contributed by atoms with Crippen molar-refractivity contribution in [3.8, 4) is 0 Å². The molecule has 238 valence electrons. The van der Waals surface area contributed by atoms with Crippen LogP contribution >= 0.6 is 21.6 Å². The molecule has 0 aliphatic carbocycles. The molecule has 0 radical (unpaired) electrons. The summed E-state index contributed by atoms with van der Waals surface area (Å²) in [4.78, 5) is 56.2. The lowest BCUT2D eigenvalue weighted by Gasteiger charge is -2.24. The molecule has 0 saturated carbocycles. The Bertz CT molecular complexity index is 1620. The zero-order valence-corrected chi connectivity index (χ0v) is 26.5. The Balaban J connectivity index is 1.34. The first kappa shape index (κ1) is 34.1. The summed E-state index contributed by atoms with van der Waals surface area (Å²) >= 11 is 0. The summed E-state index contributed by atoms with van der Waals surface area (Å²) < 4.78 is 56.2. The number of nitrogens with zero attached hydrogens (tertiary/aromatic N) is 4. The van der Waals surface area contributed by atoms with E-state index in [1.807, 2.05) is 0 Å². The number of carbonyl (C=O) groups excluding carboxylic acids is 4. The van der Waals surface area contributed by atoms with Gasteiger partial charge in [-0.15, -0.1) is 0 Å². The van der Waals surface area contributed by atoms with Crippen molar-refractivity contribution in [3.05, 3.63) is 119 Å². The average molecular weight is 671 g/mol. The summed E-state index contributed by atoms with van der Waals surface area (Å²) in [5, 5.41) is 0. The van der Waals surface area contributed by atoms with E-state index in [1.54, 1.807) is 48.5 Å². The summed E-state index contributed by atoms with van der Waals surface area (Å²) in [6.07, 6.45) is 0. The molecule has 0 aliphatic rings. The van der Waals surface area contributed by atoms with Crippen LogP contribution in [0.5, 0.6) is 0 Å². The number of anilines is 2. The number of carbonyl (C=O) groups is 4. The molecule has 4 aromatic rings. The molecule has 0 atom stereocenters. The van der Waals surface area contributed by atoms with Gasteiger partial charge in [-0.3, -0.25) is 29.2 Å². The van der Waals surface area contributed by atoms with E-state index in [1.165, 1.54) is 45.5 Å². The highest BCUT2D eigenvalue weighted by Gasteiger charge is 2.28. The normalized spacial score (nSPS) is 10.7. The molecule has 0 bridgehead atoms. The lowest BCUT2D eigenvalue weighted by molar-refractivity contribution is 0.0817. The highest BCUT2D eigenvalue weighted by atomic mass is 33.1. The molecule has 6 amide bonds. The fourth-order valence-corrected chi connectivity index (χ4v) is 6.06. The minimum absolute atomic E-state index is 0.436. The Labute approximate surface area is 270 Å². The van der Waals surface area contributed by atoms with Gasteiger partial charge in [0.1, 0.15) is 34.4 Å². The first-order valence-corrected chi connectivity index (χ1v) is 15.5. The molecule has 4 aromatic carbocycles. The predicted molar refractivity (Wildman–Crippen MR) is 169 cm³/mol. The smallest absolute Gasteiger partial charge is 0.297 e. The minimum atomic E-state index is -1.11. The van der Waals surface area contributed by atoms with Gasteiger partial charge >= 0.3 is 12.1 Å². The van der Waals surface area contributed by atoms with Crippen molar-refractivity contribution in [1.82, 2.24) is 9.80 Å². The molecule has 0 unspecified atom stereocenters. The van der Waals surface area contributed by atoms with E-state index in [2.05, 4.69) is 0 Å². The van der Waals surface area contributed by atoms with Crippen LogP contribution in [-0.2, 0) is 0 Å². The maximum atomic E-state index is 14.0. The van der Waals surface area contributed by atoms with E-state index < -0.39 is 58.3 Å². The van der Waals surface area contributed by atoms with Gasteiger partial charge in [-0.2, -0.15) is 0 Å². The summed E-state index contributed by atoms with van der Waals surface area (Å²) in [6.45, 7) is 0. The molecule has 8 nitrogen and oxygen atoms in total. The zero-order chi connectivity index (χ0) is 33.7. The van der Waals surface area contributed by atoms with Crippen LogP contribution in [-0.4, -0.2) is 61.9 Å². The number of urea groups is 2. The second-order valence-corrected chi connectivity index (χ2v) is 12.0. The van der Waals surface area contributed by atoms with Crippen LogP contribution in [0, 0.1) is 23.3 Å². The van der Waals surface area contributed by atoms with Crippen LogP contribution in [0.25, 0.3) is 0 Å². The summed E-state index contributed by atoms with van der Waals surface area (Å²) in [7, 11) is 7.94. The summed E-state index contributed by atoms with van der Waals surface area (Å²) in [6, 6.07) is 18.0. The SMILES string of the molecule is CN(C(=O)c1c(F)cccc1F)C(=O)N(C)c1ccc(SSc2ccc(N(C)C(=O)N(C)C(=O)c3c(F)cccc3F)cc2)cc1. The van der Waals surface area contributed by atoms with E-state index in [0.717, 1.165) is 60.3 Å². The van der Waals surface area contributed by atoms with Crippen molar-refractivity contribution in [2.24, 2.45) is 0 Å². The third-order valence-electron chi connectivity index (χ3n) is 6.79. The van der Waals surface area contributed by atoms with Crippen LogP contribution in [0.15, 0.2) is 94.7 Å². The van der Waals surface area contributed by atoms with Gasteiger partial charge in [-0.05, 0) is 72.8 Å². The van der Waals surface area contributed by atoms with Crippen LogP contribution in [0.3, 0.4) is 0 Å². The van der Waals surface area contributed by atoms with Crippen molar-refractivity contribution >= 4 is 56.8 Å². The van der Waals surface area contributed by atoms with Gasteiger partial charge in [0, 0.05) is 49.4 Å². The third-order valence-corrected chi connectivity index (χ3v) is 9.21. The van der Waals surface area contributed by atoms with E-state index in [0.29, 0.717) is 21.2 Å². The first-order chi connectivity index (χ1) is 21.8. The second-order valence-electron chi connectivity index (χ2n) is 9.76. The Morgan fingerprint density at radius 1 is 0.478 bits per heavy atom. The Morgan fingerprint density at radius 3 is 1.04 bits per heavy atom. The molecule has 0 spiro atoms. The van der Waals surface area contributed by atoms with Crippen molar-refractivity contribution in [2.45, 2.75) is 9.79 Å². The zero-order valence-electron chi connectivity index (χ0n) is 24.8. The minimum Gasteiger partial charge on any atom is -0.297 e. The highest BCUT2D eigenvalue weighted by molar-refractivity contribution is 8.76. The Kier molecular flexibility index (Phi) is 10.7. The van der Waals surface area contributed by atoms with Gasteiger partial charge in [0.15, 0.2) is 0 Å². The largest absolute Gasteiger partial charge is 0.330 e. The first-order valence-electron chi connectivity index (χ1n) is 13.4. The van der Waals surface area contributed by atoms with E-state index in [-0.39, 0.29) is 0 Å². The molecule has 0 fully saturated rings. The standard InChI is InChI=1S/C32H26F4N4O4S2/c1-37(31(43)39(3)29(41)27-23(33)7-5-8-24(27)34)19-11-15-21(16-12-19)45-46-22-17-13-20(14-18-22)38(2)32(44)40(4)30(42)28-25(35)9-6-10-26(28)36/h5-18H,1-4H3. The van der Waals surface area contributed by atoms with Gasteiger partial charge < -0.3 is 0 Å². The van der Waals surface area contributed by atoms with Crippen LogP contribution in [0.2, 0.25) is 0 Å². The quantitative estimate of drug-likeness (QED) is 0.148. The van der Waals surface area contributed by atoms with Crippen LogP contribution in [0.4, 0.5) is 38.5 Å². The molecule has 14 heteroatoms. The maximum Gasteiger partial charge on any atom is 0.330 e. The fourth-order valence-electron chi connectivity index (χ4n) is 4.13. The monoisotopic (exact) mass is 670 g/mol. The van der Waals surface area contributed by atoms with Crippen LogP contribution in [0.1, 0.15) is 20.7 Å². The Morgan fingerprint density at radius 2 is 0.761 bits per heavy atom. The molecule has 0 aliphatic heterocycles. The lowest BCUT2D eigenvalue weighted by Crippen LogP contribution is -2.42. The van der Waals surface area contributed by atoms with E-state index >= 15 is 0 Å². The van der Waals surface area contributed by atoms with Crippen molar-refractivity contribution in [2.75, 3.05) is 38.0 Å². The van der Waals surface area contributed by atoms with E-state index in [9.17, 15) is 36.7 Å². The molecular weight excluding hydrogens is 645 g/mol. The number of rotatable bonds is 7. The average Bonchev–Trinajstić information content (AvgIpc) is 3.05. The van der Waals surface area contributed by atoms with Crippen LogP contribution < -0.4 is 9.80 Å². The third kappa shape index (κ3) is 7.35. The van der Waals surface area contributed by atoms with E-state index in [4.69, 9.17) is 0 Å². The maximum absolute atomic E-state index is 14.0. The van der Waals surface area contributed by atoms with Crippen molar-refractivity contribution in [1.29, 1.82) is 0 Å². The number of benzene rings is 4. The van der Waals surface area contributed by atoms with Gasteiger partial charge in [0.25, 0.3) is 11.8 Å². The molecule has 0 saturated heterocycles. The lowest BCUT2D eigenvalue weighted by atomic mass is 10.1. The fraction of sp³-hybridized carbons (Fsp3) is 0.125. The molecule has 0 aromatic heterocycles.